The van der Waals surface area contributed by atoms with Gasteiger partial charge >= 0.3 is 0 Å². The van der Waals surface area contributed by atoms with Crippen LogP contribution in [0.5, 0.6) is 0 Å². The van der Waals surface area contributed by atoms with E-state index in [4.69, 9.17) is 4.52 Å². The summed E-state index contributed by atoms with van der Waals surface area (Å²) in [5.74, 6) is 0.876. The summed E-state index contributed by atoms with van der Waals surface area (Å²) < 4.78 is 6.96. The Bertz CT molecular complexity index is 446. The highest BCUT2D eigenvalue weighted by molar-refractivity contribution is 5.06. The van der Waals surface area contributed by atoms with E-state index in [2.05, 4.69) is 22.5 Å². The van der Waals surface area contributed by atoms with Gasteiger partial charge in [0, 0.05) is 31.4 Å². The molecule has 5 nitrogen and oxygen atoms in total. The van der Waals surface area contributed by atoms with Gasteiger partial charge in [-0.1, -0.05) is 12.1 Å². The van der Waals surface area contributed by atoms with E-state index in [0.717, 1.165) is 30.0 Å². The van der Waals surface area contributed by atoms with Crippen molar-refractivity contribution in [2.24, 2.45) is 7.05 Å². The van der Waals surface area contributed by atoms with Gasteiger partial charge in [-0.3, -0.25) is 4.68 Å². The van der Waals surface area contributed by atoms with E-state index in [-0.39, 0.29) is 0 Å². The Labute approximate surface area is 94.4 Å². The molecule has 0 aliphatic rings. The molecular formula is C11H16N4O. The lowest BCUT2D eigenvalue weighted by Crippen LogP contribution is -2.11. The minimum atomic E-state index is 0.696. The van der Waals surface area contributed by atoms with E-state index in [1.54, 1.807) is 4.68 Å². The Morgan fingerprint density at radius 1 is 1.44 bits per heavy atom. The number of nitrogens with one attached hydrogen (secondary N) is 1. The molecule has 5 heteroatoms. The first-order valence-electron chi connectivity index (χ1n) is 5.40. The minimum Gasteiger partial charge on any atom is -0.360 e. The van der Waals surface area contributed by atoms with Crippen LogP contribution in [0.2, 0.25) is 0 Å². The Kier molecular flexibility index (Phi) is 3.36. The van der Waals surface area contributed by atoms with Crippen LogP contribution in [-0.2, 0) is 26.6 Å². The molecule has 0 atom stereocenters. The van der Waals surface area contributed by atoms with Crippen molar-refractivity contribution in [2.75, 3.05) is 0 Å². The minimum absolute atomic E-state index is 0.696. The molecule has 2 aromatic rings. The van der Waals surface area contributed by atoms with Crippen molar-refractivity contribution in [3.63, 3.8) is 0 Å². The molecule has 16 heavy (non-hydrogen) atoms. The highest BCUT2D eigenvalue weighted by Crippen LogP contribution is 2.04. The highest BCUT2D eigenvalue weighted by Gasteiger charge is 2.02. The fourth-order valence-corrected chi connectivity index (χ4v) is 1.50. The van der Waals surface area contributed by atoms with E-state index in [1.807, 2.05) is 25.5 Å². The summed E-state index contributed by atoms with van der Waals surface area (Å²) >= 11 is 0. The Hall–Kier alpha value is -1.62. The predicted octanol–water partition coefficient (Wildman–Crippen LogP) is 1.26. The molecule has 1 N–H and O–H groups in total. The van der Waals surface area contributed by atoms with E-state index in [9.17, 15) is 0 Å². The van der Waals surface area contributed by atoms with Crippen LogP contribution < -0.4 is 5.32 Å². The molecule has 86 valence electrons. The zero-order valence-corrected chi connectivity index (χ0v) is 9.60. The maximum Gasteiger partial charge on any atom is 0.150 e. The largest absolute Gasteiger partial charge is 0.360 e. The summed E-state index contributed by atoms with van der Waals surface area (Å²) in [6.45, 7) is 3.54. The van der Waals surface area contributed by atoms with Crippen LogP contribution in [0, 0.1) is 0 Å². The number of aromatic nitrogens is 3. The Balaban J connectivity index is 1.79. The fraction of sp³-hybridized carbons (Fsp3) is 0.455. The summed E-state index contributed by atoms with van der Waals surface area (Å²) in [5.41, 5.74) is 2.16. The molecule has 0 unspecified atom stereocenters. The van der Waals surface area contributed by atoms with Crippen molar-refractivity contribution >= 4 is 0 Å². The van der Waals surface area contributed by atoms with Crippen molar-refractivity contribution in [1.82, 2.24) is 20.3 Å². The van der Waals surface area contributed by atoms with Crippen LogP contribution in [0.1, 0.15) is 23.9 Å². The molecule has 0 spiro atoms. The van der Waals surface area contributed by atoms with Gasteiger partial charge in [0.1, 0.15) is 0 Å². The smallest absolute Gasteiger partial charge is 0.150 e. The Morgan fingerprint density at radius 3 is 2.94 bits per heavy atom. The molecule has 2 aromatic heterocycles. The summed E-state index contributed by atoms with van der Waals surface area (Å²) in [5, 5.41) is 11.3. The lowest BCUT2D eigenvalue weighted by molar-refractivity contribution is 0.368. The van der Waals surface area contributed by atoms with Gasteiger partial charge in [0.2, 0.25) is 0 Å². The molecule has 0 fully saturated rings. The quantitative estimate of drug-likeness (QED) is 0.824. The van der Waals surface area contributed by atoms with Crippen LogP contribution in [0.15, 0.2) is 23.0 Å². The van der Waals surface area contributed by atoms with E-state index >= 15 is 0 Å². The monoisotopic (exact) mass is 220 g/mol. The van der Waals surface area contributed by atoms with Gasteiger partial charge in [0.15, 0.2) is 5.76 Å². The van der Waals surface area contributed by atoms with E-state index in [0.29, 0.717) is 6.54 Å². The van der Waals surface area contributed by atoms with Crippen LogP contribution in [0.4, 0.5) is 0 Å². The van der Waals surface area contributed by atoms with E-state index < -0.39 is 0 Å². The first-order chi connectivity index (χ1) is 7.78. The predicted molar refractivity (Wildman–Crippen MR) is 59.6 cm³/mol. The molecule has 0 bridgehead atoms. The number of rotatable bonds is 5. The molecule has 0 radical (unpaired) electrons. The average molecular weight is 220 g/mol. The molecule has 0 aromatic carbocycles. The van der Waals surface area contributed by atoms with Gasteiger partial charge in [-0.05, 0) is 6.42 Å². The number of hydrogen-bond acceptors (Lipinski definition) is 4. The second kappa shape index (κ2) is 4.94. The molecule has 2 heterocycles. The highest BCUT2D eigenvalue weighted by atomic mass is 16.5. The molecule has 0 aliphatic carbocycles. The zero-order chi connectivity index (χ0) is 11.4. The molecule has 0 amide bonds. The summed E-state index contributed by atoms with van der Waals surface area (Å²) in [6, 6.07) is 1.98. The van der Waals surface area contributed by atoms with E-state index in [1.165, 1.54) is 0 Å². The molecular weight excluding hydrogens is 204 g/mol. The zero-order valence-electron chi connectivity index (χ0n) is 9.60. The van der Waals surface area contributed by atoms with Crippen molar-refractivity contribution in [1.29, 1.82) is 0 Å². The lowest BCUT2D eigenvalue weighted by atomic mass is 10.3. The fourth-order valence-electron chi connectivity index (χ4n) is 1.50. The van der Waals surface area contributed by atoms with Crippen LogP contribution in [0.3, 0.4) is 0 Å². The standard InChI is InChI=1S/C11H16N4O/c1-3-10-4-11(16-14-10)7-12-5-9-6-13-15(2)8-9/h4,6,8,12H,3,5,7H2,1-2H3. The number of aryl methyl sites for hydroxylation is 2. The normalized spacial score (nSPS) is 10.9. The first-order valence-corrected chi connectivity index (χ1v) is 5.40. The van der Waals surface area contributed by atoms with Gasteiger partial charge in [-0.25, -0.2) is 0 Å². The second-order valence-electron chi connectivity index (χ2n) is 3.76. The van der Waals surface area contributed by atoms with Gasteiger partial charge in [-0.15, -0.1) is 0 Å². The van der Waals surface area contributed by atoms with Crippen LogP contribution in [-0.4, -0.2) is 14.9 Å². The SMILES string of the molecule is CCc1cc(CNCc2cnn(C)c2)on1. The maximum absolute atomic E-state index is 5.17. The van der Waals surface area contributed by atoms with Gasteiger partial charge in [0.05, 0.1) is 18.4 Å². The average Bonchev–Trinajstić information content (AvgIpc) is 2.88. The third-order valence-electron chi connectivity index (χ3n) is 2.36. The Morgan fingerprint density at radius 2 is 2.31 bits per heavy atom. The van der Waals surface area contributed by atoms with Gasteiger partial charge in [0.25, 0.3) is 0 Å². The maximum atomic E-state index is 5.17. The molecule has 0 saturated heterocycles. The van der Waals surface area contributed by atoms with Crippen molar-refractivity contribution in [3.05, 3.63) is 35.5 Å². The summed E-state index contributed by atoms with van der Waals surface area (Å²) in [7, 11) is 1.91. The molecule has 2 rings (SSSR count). The number of nitrogens with zero attached hydrogens (tertiary/aromatic N) is 3. The van der Waals surface area contributed by atoms with Crippen molar-refractivity contribution in [2.45, 2.75) is 26.4 Å². The van der Waals surface area contributed by atoms with Crippen molar-refractivity contribution in [3.8, 4) is 0 Å². The topological polar surface area (TPSA) is 55.9 Å². The molecule has 0 aliphatic heterocycles. The second-order valence-corrected chi connectivity index (χ2v) is 3.76. The number of hydrogen-bond donors (Lipinski definition) is 1. The van der Waals surface area contributed by atoms with Gasteiger partial charge < -0.3 is 9.84 Å². The van der Waals surface area contributed by atoms with Gasteiger partial charge in [-0.2, -0.15) is 5.10 Å². The van der Waals surface area contributed by atoms with Crippen LogP contribution in [0.25, 0.3) is 0 Å². The van der Waals surface area contributed by atoms with Crippen molar-refractivity contribution < 1.29 is 4.52 Å². The third kappa shape index (κ3) is 2.70. The molecule has 0 saturated carbocycles. The third-order valence-corrected chi connectivity index (χ3v) is 2.36. The summed E-state index contributed by atoms with van der Waals surface area (Å²) in [4.78, 5) is 0. The lowest BCUT2D eigenvalue weighted by Gasteiger charge is -1.98. The first kappa shape index (κ1) is 10.9. The van der Waals surface area contributed by atoms with Crippen LogP contribution >= 0.6 is 0 Å². The summed E-state index contributed by atoms with van der Waals surface area (Å²) in [6.07, 6.45) is 4.75.